The Morgan fingerprint density at radius 2 is 1.21 bits per heavy atom. The van der Waals surface area contributed by atoms with Crippen molar-refractivity contribution in [1.29, 1.82) is 0 Å². The molecule has 0 saturated heterocycles. The monoisotopic (exact) mass is 412 g/mol. The van der Waals surface area contributed by atoms with Gasteiger partial charge in [-0.05, 0) is 39.9 Å². The minimum absolute atomic E-state index is 0.127. The number of hydrogen-bond donors (Lipinski definition) is 0. The van der Waals surface area contributed by atoms with E-state index < -0.39 is 0 Å². The van der Waals surface area contributed by atoms with E-state index in [9.17, 15) is 9.59 Å². The van der Waals surface area contributed by atoms with Gasteiger partial charge in [0.25, 0.3) is 0 Å². The van der Waals surface area contributed by atoms with E-state index in [0.29, 0.717) is 26.0 Å². The molecule has 172 valence electrons. The molecule has 0 spiro atoms. The molecule has 0 aliphatic rings. The molecule has 0 aromatic rings. The van der Waals surface area contributed by atoms with Crippen LogP contribution in [0.2, 0.25) is 0 Å². The molecule has 0 aromatic heterocycles. The molecule has 0 aliphatic heterocycles. The standard InChI is InChI=1S/C24H48N2O3/c1-5-7-9-11-13-14-17-23(27)26(20-16-19-25(3)4)21-22-29-24(28)18-15-12-10-8-6-2/h5-22H2,1-4H3. The highest BCUT2D eigenvalue weighted by atomic mass is 16.5. The van der Waals surface area contributed by atoms with E-state index in [2.05, 4.69) is 18.7 Å². The van der Waals surface area contributed by atoms with Crippen molar-refractivity contribution in [3.8, 4) is 0 Å². The van der Waals surface area contributed by atoms with Crippen molar-refractivity contribution in [1.82, 2.24) is 9.80 Å². The predicted molar refractivity (Wildman–Crippen MR) is 122 cm³/mol. The molecule has 0 atom stereocenters. The number of nitrogens with zero attached hydrogens (tertiary/aromatic N) is 2. The first kappa shape index (κ1) is 27.9. The molecule has 5 heteroatoms. The van der Waals surface area contributed by atoms with Gasteiger partial charge in [-0.25, -0.2) is 0 Å². The van der Waals surface area contributed by atoms with Crippen LogP contribution in [0, 0.1) is 0 Å². The van der Waals surface area contributed by atoms with Crippen LogP contribution in [0.15, 0.2) is 0 Å². The summed E-state index contributed by atoms with van der Waals surface area (Å²) in [6.45, 7) is 6.93. The van der Waals surface area contributed by atoms with Crippen LogP contribution in [-0.2, 0) is 14.3 Å². The summed E-state index contributed by atoms with van der Waals surface area (Å²) in [5, 5.41) is 0. The maximum absolute atomic E-state index is 12.6. The molecule has 0 radical (unpaired) electrons. The van der Waals surface area contributed by atoms with Crippen LogP contribution in [0.1, 0.15) is 104 Å². The summed E-state index contributed by atoms with van der Waals surface area (Å²) >= 11 is 0. The SMILES string of the molecule is CCCCCCCCC(=O)N(CCCN(C)C)CCOC(=O)CCCCCCC. The first-order valence-electron chi connectivity index (χ1n) is 12.1. The molecule has 0 rings (SSSR count). The van der Waals surface area contributed by atoms with Gasteiger partial charge < -0.3 is 14.5 Å². The highest BCUT2D eigenvalue weighted by Gasteiger charge is 2.14. The summed E-state index contributed by atoms with van der Waals surface area (Å²) in [5.41, 5.74) is 0. The molecule has 0 aliphatic carbocycles. The summed E-state index contributed by atoms with van der Waals surface area (Å²) in [4.78, 5) is 28.5. The maximum Gasteiger partial charge on any atom is 0.305 e. The predicted octanol–water partition coefficient (Wildman–Crippen LogP) is 5.42. The Morgan fingerprint density at radius 3 is 1.79 bits per heavy atom. The molecular formula is C24H48N2O3. The summed E-state index contributed by atoms with van der Waals surface area (Å²) < 4.78 is 5.38. The smallest absolute Gasteiger partial charge is 0.305 e. The van der Waals surface area contributed by atoms with E-state index in [0.717, 1.165) is 45.2 Å². The maximum atomic E-state index is 12.6. The number of ether oxygens (including phenoxy) is 1. The fraction of sp³-hybridized carbons (Fsp3) is 0.917. The second-order valence-electron chi connectivity index (χ2n) is 8.44. The zero-order valence-electron chi connectivity index (χ0n) is 19.8. The van der Waals surface area contributed by atoms with Crippen LogP contribution in [-0.4, -0.2) is 62.0 Å². The van der Waals surface area contributed by atoms with E-state index in [1.165, 1.54) is 44.9 Å². The second kappa shape index (κ2) is 20.2. The number of carbonyl (C=O) groups excluding carboxylic acids is 2. The highest BCUT2D eigenvalue weighted by molar-refractivity contribution is 5.76. The van der Waals surface area contributed by atoms with Gasteiger partial charge in [0.1, 0.15) is 6.61 Å². The molecule has 1 amide bonds. The van der Waals surface area contributed by atoms with Gasteiger partial charge in [-0.2, -0.15) is 0 Å². The molecule has 29 heavy (non-hydrogen) atoms. The highest BCUT2D eigenvalue weighted by Crippen LogP contribution is 2.09. The number of rotatable bonds is 20. The molecule has 0 saturated carbocycles. The number of esters is 1. The Bertz CT molecular complexity index is 400. The van der Waals surface area contributed by atoms with Crippen molar-refractivity contribution in [2.24, 2.45) is 0 Å². The Kier molecular flexibility index (Phi) is 19.4. The lowest BCUT2D eigenvalue weighted by Gasteiger charge is -2.23. The lowest BCUT2D eigenvalue weighted by molar-refractivity contribution is -0.146. The second-order valence-corrected chi connectivity index (χ2v) is 8.44. The van der Waals surface area contributed by atoms with Crippen LogP contribution in [0.25, 0.3) is 0 Å². The normalized spacial score (nSPS) is 11.1. The van der Waals surface area contributed by atoms with Crippen molar-refractivity contribution in [2.75, 3.05) is 40.3 Å². The van der Waals surface area contributed by atoms with Crippen molar-refractivity contribution in [3.63, 3.8) is 0 Å². The number of hydrogen-bond acceptors (Lipinski definition) is 4. The van der Waals surface area contributed by atoms with Crippen LogP contribution < -0.4 is 0 Å². The van der Waals surface area contributed by atoms with E-state index in [1.54, 1.807) is 0 Å². The summed E-state index contributed by atoms with van der Waals surface area (Å²) in [6, 6.07) is 0. The molecule has 0 fully saturated rings. The van der Waals surface area contributed by atoms with Crippen molar-refractivity contribution >= 4 is 11.9 Å². The van der Waals surface area contributed by atoms with Crippen LogP contribution in [0.3, 0.4) is 0 Å². The number of unbranched alkanes of at least 4 members (excludes halogenated alkanes) is 9. The average molecular weight is 413 g/mol. The van der Waals surface area contributed by atoms with Gasteiger partial charge in [0.15, 0.2) is 0 Å². The van der Waals surface area contributed by atoms with Crippen molar-refractivity contribution in [2.45, 2.75) is 104 Å². The van der Waals surface area contributed by atoms with Crippen LogP contribution in [0.4, 0.5) is 0 Å². The van der Waals surface area contributed by atoms with Crippen molar-refractivity contribution < 1.29 is 14.3 Å². The third-order valence-corrected chi connectivity index (χ3v) is 5.24. The van der Waals surface area contributed by atoms with Gasteiger partial charge >= 0.3 is 5.97 Å². The van der Waals surface area contributed by atoms with Crippen molar-refractivity contribution in [3.05, 3.63) is 0 Å². The molecule has 5 nitrogen and oxygen atoms in total. The molecule has 0 N–H and O–H groups in total. The molecule has 0 unspecified atom stereocenters. The fourth-order valence-corrected chi connectivity index (χ4v) is 3.37. The topological polar surface area (TPSA) is 49.9 Å². The largest absolute Gasteiger partial charge is 0.464 e. The lowest BCUT2D eigenvalue weighted by Crippen LogP contribution is -2.36. The molecular weight excluding hydrogens is 364 g/mol. The Hall–Kier alpha value is -1.10. The summed E-state index contributed by atoms with van der Waals surface area (Å²) in [5.74, 6) is 0.0768. The minimum Gasteiger partial charge on any atom is -0.464 e. The van der Waals surface area contributed by atoms with Gasteiger partial charge in [0, 0.05) is 19.4 Å². The Morgan fingerprint density at radius 1 is 0.655 bits per heavy atom. The number of carbonyl (C=O) groups is 2. The van der Waals surface area contributed by atoms with E-state index >= 15 is 0 Å². The van der Waals surface area contributed by atoms with Gasteiger partial charge in [-0.1, -0.05) is 71.6 Å². The number of amides is 1. The quantitative estimate of drug-likeness (QED) is 0.198. The minimum atomic E-state index is -0.127. The zero-order valence-corrected chi connectivity index (χ0v) is 19.8. The van der Waals surface area contributed by atoms with Gasteiger partial charge in [-0.3, -0.25) is 9.59 Å². The molecule has 0 aromatic carbocycles. The van der Waals surface area contributed by atoms with Gasteiger partial charge in [0.05, 0.1) is 6.54 Å². The van der Waals surface area contributed by atoms with Gasteiger partial charge in [0.2, 0.25) is 5.91 Å². The lowest BCUT2D eigenvalue weighted by atomic mass is 10.1. The van der Waals surface area contributed by atoms with Crippen LogP contribution in [0.5, 0.6) is 0 Å². The third-order valence-electron chi connectivity index (χ3n) is 5.24. The average Bonchev–Trinajstić information content (AvgIpc) is 2.68. The first-order valence-corrected chi connectivity index (χ1v) is 12.1. The molecule has 0 heterocycles. The van der Waals surface area contributed by atoms with E-state index in [-0.39, 0.29) is 11.9 Å². The Balaban J connectivity index is 4.14. The van der Waals surface area contributed by atoms with E-state index in [4.69, 9.17) is 4.74 Å². The summed E-state index contributed by atoms with van der Waals surface area (Å²) in [7, 11) is 4.09. The van der Waals surface area contributed by atoms with Crippen LogP contribution >= 0.6 is 0 Å². The first-order chi connectivity index (χ1) is 14.0. The Labute approximate surface area is 180 Å². The summed E-state index contributed by atoms with van der Waals surface area (Å²) in [6.07, 6.45) is 14.8. The van der Waals surface area contributed by atoms with Gasteiger partial charge in [-0.15, -0.1) is 0 Å². The fourth-order valence-electron chi connectivity index (χ4n) is 3.37. The zero-order chi connectivity index (χ0) is 21.7. The molecule has 0 bridgehead atoms. The van der Waals surface area contributed by atoms with E-state index in [1.807, 2.05) is 19.0 Å². The third kappa shape index (κ3) is 18.7.